The Morgan fingerprint density at radius 1 is 1.19 bits per heavy atom. The lowest BCUT2D eigenvalue weighted by atomic mass is 9.74. The third-order valence-corrected chi connectivity index (χ3v) is 6.21. The molecular weight excluding hydrogens is 390 g/mol. The summed E-state index contributed by atoms with van der Waals surface area (Å²) in [5.41, 5.74) is 3.83. The molecule has 3 aromatic rings. The van der Waals surface area contributed by atoms with E-state index >= 15 is 0 Å². The van der Waals surface area contributed by atoms with Gasteiger partial charge in [-0.25, -0.2) is 4.98 Å². The number of benzene rings is 2. The van der Waals surface area contributed by atoms with E-state index in [-0.39, 0.29) is 11.9 Å². The Kier molecular flexibility index (Phi) is 5.81. The Labute approximate surface area is 182 Å². The summed E-state index contributed by atoms with van der Waals surface area (Å²) in [5.74, 6) is 0.542. The molecular formula is C25H29N3O3. The molecule has 0 aliphatic carbocycles. The van der Waals surface area contributed by atoms with E-state index in [9.17, 15) is 9.59 Å². The number of amides is 1. The number of nitrogens with one attached hydrogen (secondary N) is 1. The molecule has 6 nitrogen and oxygen atoms in total. The van der Waals surface area contributed by atoms with Crippen LogP contribution < -0.4 is 0 Å². The van der Waals surface area contributed by atoms with Gasteiger partial charge in [-0.05, 0) is 69.4 Å². The molecule has 31 heavy (non-hydrogen) atoms. The molecule has 2 heterocycles. The molecule has 1 fully saturated rings. The Hall–Kier alpha value is -3.15. The normalized spacial score (nSPS) is 18.9. The Balaban J connectivity index is 1.63. The average Bonchev–Trinajstić information content (AvgIpc) is 3.14. The second-order valence-electron chi connectivity index (χ2n) is 8.49. The fraction of sp³-hybridized carbons (Fsp3) is 0.400. The predicted octanol–water partition coefficient (Wildman–Crippen LogP) is 4.21. The Bertz CT molecular complexity index is 1120. The van der Waals surface area contributed by atoms with Crippen LogP contribution in [0.3, 0.4) is 0 Å². The number of aromatic amines is 1. The maximum Gasteiger partial charge on any atom is 0.314 e. The molecule has 0 radical (unpaired) electrons. The predicted molar refractivity (Wildman–Crippen MR) is 120 cm³/mol. The van der Waals surface area contributed by atoms with Gasteiger partial charge in [-0.2, -0.15) is 0 Å². The molecule has 1 saturated heterocycles. The molecule has 1 atom stereocenters. The van der Waals surface area contributed by atoms with Crippen molar-refractivity contribution in [3.8, 4) is 0 Å². The number of ether oxygens (including phenoxy) is 1. The smallest absolute Gasteiger partial charge is 0.314 e. The molecule has 162 valence electrons. The largest absolute Gasteiger partial charge is 0.466 e. The number of piperidine rings is 1. The number of hydrogen-bond acceptors (Lipinski definition) is 4. The average molecular weight is 420 g/mol. The molecule has 1 aromatic heterocycles. The van der Waals surface area contributed by atoms with Crippen molar-refractivity contribution >= 4 is 22.9 Å². The summed E-state index contributed by atoms with van der Waals surface area (Å²) in [6.45, 7) is 7.10. The lowest BCUT2D eigenvalue weighted by molar-refractivity contribution is -0.158. The molecule has 1 aliphatic rings. The van der Waals surface area contributed by atoms with Gasteiger partial charge in [0.05, 0.1) is 23.1 Å². The molecule has 0 spiro atoms. The van der Waals surface area contributed by atoms with E-state index < -0.39 is 5.41 Å². The first-order valence-electron chi connectivity index (χ1n) is 10.9. The number of aromatic nitrogens is 2. The summed E-state index contributed by atoms with van der Waals surface area (Å²) in [6.07, 6.45) is 2.05. The third kappa shape index (κ3) is 4.20. The van der Waals surface area contributed by atoms with Crippen LogP contribution in [0.2, 0.25) is 0 Å². The number of rotatable bonds is 5. The van der Waals surface area contributed by atoms with Crippen LogP contribution in [0, 0.1) is 19.3 Å². The second-order valence-corrected chi connectivity index (χ2v) is 8.49. The minimum atomic E-state index is -0.731. The quantitative estimate of drug-likeness (QED) is 0.629. The zero-order chi connectivity index (χ0) is 22.0. The van der Waals surface area contributed by atoms with Crippen molar-refractivity contribution in [2.75, 3.05) is 19.7 Å². The molecule has 4 rings (SSSR count). The van der Waals surface area contributed by atoms with Crippen molar-refractivity contribution in [3.63, 3.8) is 0 Å². The highest BCUT2D eigenvalue weighted by atomic mass is 16.5. The second kappa shape index (κ2) is 8.53. The van der Waals surface area contributed by atoms with Gasteiger partial charge in [-0.1, -0.05) is 24.3 Å². The van der Waals surface area contributed by atoms with Crippen molar-refractivity contribution in [3.05, 3.63) is 65.0 Å². The minimum absolute atomic E-state index is 0.0627. The van der Waals surface area contributed by atoms with E-state index in [0.717, 1.165) is 34.4 Å². The molecule has 1 aliphatic heterocycles. The van der Waals surface area contributed by atoms with Crippen molar-refractivity contribution < 1.29 is 14.3 Å². The monoisotopic (exact) mass is 419 g/mol. The summed E-state index contributed by atoms with van der Waals surface area (Å²) in [5, 5.41) is 0. The zero-order valence-electron chi connectivity index (χ0n) is 18.4. The first kappa shape index (κ1) is 21.1. The highest BCUT2D eigenvalue weighted by Crippen LogP contribution is 2.36. The van der Waals surface area contributed by atoms with Gasteiger partial charge in [-0.15, -0.1) is 0 Å². The van der Waals surface area contributed by atoms with Gasteiger partial charge in [0.25, 0.3) is 5.91 Å². The number of carbonyl (C=O) groups excluding carboxylic acids is 2. The van der Waals surface area contributed by atoms with Crippen LogP contribution in [-0.2, 0) is 16.0 Å². The SMILES string of the molecule is CCOC(=O)[C@@]1(Cc2ccccc2C)CCCN(C(=O)c2ccc3nc(C)[nH]c3c2)C1. The summed E-state index contributed by atoms with van der Waals surface area (Å²) in [6, 6.07) is 13.6. The van der Waals surface area contributed by atoms with Crippen LogP contribution in [0.1, 0.15) is 47.1 Å². The lowest BCUT2D eigenvalue weighted by Gasteiger charge is -2.41. The summed E-state index contributed by atoms with van der Waals surface area (Å²) < 4.78 is 5.50. The number of nitrogens with zero attached hydrogens (tertiary/aromatic N) is 2. The number of aryl methyl sites for hydroxylation is 2. The van der Waals surface area contributed by atoms with Crippen LogP contribution in [0.15, 0.2) is 42.5 Å². The van der Waals surface area contributed by atoms with E-state index in [4.69, 9.17) is 4.74 Å². The highest BCUT2D eigenvalue weighted by molar-refractivity contribution is 5.97. The molecule has 6 heteroatoms. The molecule has 0 saturated carbocycles. The number of carbonyl (C=O) groups is 2. The van der Waals surface area contributed by atoms with Gasteiger partial charge in [0.1, 0.15) is 5.82 Å². The maximum atomic E-state index is 13.4. The first-order valence-corrected chi connectivity index (χ1v) is 10.9. The van der Waals surface area contributed by atoms with E-state index in [1.54, 1.807) is 0 Å². The molecule has 0 bridgehead atoms. The standard InChI is InChI=1S/C25H29N3O3/c1-4-31-24(30)25(15-20-9-6-5-8-17(20)2)12-7-13-28(16-25)23(29)19-10-11-21-22(14-19)27-18(3)26-21/h5-6,8-11,14H,4,7,12-13,15-16H2,1-3H3,(H,26,27)/t25-/m1/s1. The summed E-state index contributed by atoms with van der Waals surface area (Å²) in [4.78, 5) is 35.9. The van der Waals surface area contributed by atoms with Gasteiger partial charge in [0.2, 0.25) is 0 Å². The van der Waals surface area contributed by atoms with Crippen molar-refractivity contribution in [1.82, 2.24) is 14.9 Å². The van der Waals surface area contributed by atoms with Crippen molar-refractivity contribution in [2.45, 2.75) is 40.0 Å². The van der Waals surface area contributed by atoms with Gasteiger partial charge < -0.3 is 14.6 Å². The number of esters is 1. The number of H-pyrrole nitrogens is 1. The molecule has 0 unspecified atom stereocenters. The Morgan fingerprint density at radius 2 is 2.00 bits per heavy atom. The highest BCUT2D eigenvalue weighted by Gasteiger charge is 2.45. The van der Waals surface area contributed by atoms with E-state index in [1.165, 1.54) is 0 Å². The Morgan fingerprint density at radius 3 is 2.77 bits per heavy atom. The number of hydrogen-bond donors (Lipinski definition) is 1. The van der Waals surface area contributed by atoms with Crippen LogP contribution in [0.5, 0.6) is 0 Å². The molecule has 1 N–H and O–H groups in total. The van der Waals surface area contributed by atoms with Gasteiger partial charge in [0.15, 0.2) is 0 Å². The van der Waals surface area contributed by atoms with E-state index in [2.05, 4.69) is 29.0 Å². The number of imidazole rings is 1. The first-order chi connectivity index (χ1) is 14.9. The van der Waals surface area contributed by atoms with Crippen LogP contribution in [0.4, 0.5) is 0 Å². The van der Waals surface area contributed by atoms with E-state index in [0.29, 0.717) is 38.1 Å². The van der Waals surface area contributed by atoms with Crippen LogP contribution in [-0.4, -0.2) is 46.4 Å². The summed E-state index contributed by atoms with van der Waals surface area (Å²) in [7, 11) is 0. The maximum absolute atomic E-state index is 13.4. The fourth-order valence-electron chi connectivity index (χ4n) is 4.60. The lowest BCUT2D eigenvalue weighted by Crippen LogP contribution is -2.51. The van der Waals surface area contributed by atoms with Gasteiger partial charge >= 0.3 is 5.97 Å². The third-order valence-electron chi connectivity index (χ3n) is 6.21. The number of likely N-dealkylation sites (tertiary alicyclic amines) is 1. The summed E-state index contributed by atoms with van der Waals surface area (Å²) >= 11 is 0. The van der Waals surface area contributed by atoms with Crippen molar-refractivity contribution in [1.29, 1.82) is 0 Å². The molecule has 1 amide bonds. The topological polar surface area (TPSA) is 75.3 Å². The van der Waals surface area contributed by atoms with Crippen LogP contribution in [0.25, 0.3) is 11.0 Å². The van der Waals surface area contributed by atoms with Crippen LogP contribution >= 0.6 is 0 Å². The molecule has 2 aromatic carbocycles. The van der Waals surface area contributed by atoms with Crippen molar-refractivity contribution in [2.24, 2.45) is 5.41 Å². The van der Waals surface area contributed by atoms with Gasteiger partial charge in [-0.3, -0.25) is 9.59 Å². The van der Waals surface area contributed by atoms with E-state index in [1.807, 2.05) is 49.1 Å². The minimum Gasteiger partial charge on any atom is -0.466 e. The zero-order valence-corrected chi connectivity index (χ0v) is 18.4. The van der Waals surface area contributed by atoms with Gasteiger partial charge in [0, 0.05) is 18.7 Å². The number of fused-ring (bicyclic) bond motifs is 1. The fourth-order valence-corrected chi connectivity index (χ4v) is 4.60.